The summed E-state index contributed by atoms with van der Waals surface area (Å²) in [7, 11) is 3.23. The quantitative estimate of drug-likeness (QED) is 0.578. The highest BCUT2D eigenvalue weighted by atomic mass is 32.1. The zero-order valence-corrected chi connectivity index (χ0v) is 19.3. The number of benzene rings is 1. The van der Waals surface area contributed by atoms with Gasteiger partial charge in [0.25, 0.3) is 5.91 Å². The lowest BCUT2D eigenvalue weighted by atomic mass is 9.84. The Morgan fingerprint density at radius 3 is 2.66 bits per heavy atom. The van der Waals surface area contributed by atoms with Crippen LogP contribution in [0.5, 0.6) is 5.75 Å². The number of carbonyl (C=O) groups is 2. The summed E-state index contributed by atoms with van der Waals surface area (Å²) < 4.78 is 10.8. The number of carbonyl (C=O) groups excluding carboxylic acids is 2. The van der Waals surface area contributed by atoms with Crippen molar-refractivity contribution in [2.45, 2.75) is 31.7 Å². The molecule has 0 saturated heterocycles. The highest BCUT2D eigenvalue weighted by Crippen LogP contribution is 2.38. The van der Waals surface area contributed by atoms with Crippen LogP contribution >= 0.6 is 11.3 Å². The lowest BCUT2D eigenvalue weighted by Crippen LogP contribution is -2.46. The van der Waals surface area contributed by atoms with Crippen LogP contribution in [0.25, 0.3) is 0 Å². The van der Waals surface area contributed by atoms with Crippen molar-refractivity contribution in [1.82, 2.24) is 9.91 Å². The number of amides is 2. The molecule has 1 aliphatic carbocycles. The summed E-state index contributed by atoms with van der Waals surface area (Å²) in [6.45, 7) is 0.781. The van der Waals surface area contributed by atoms with E-state index in [4.69, 9.17) is 14.6 Å². The molecule has 0 bridgehead atoms. The molecule has 7 nitrogen and oxygen atoms in total. The molecule has 8 heteroatoms. The van der Waals surface area contributed by atoms with E-state index in [1.807, 2.05) is 41.8 Å². The van der Waals surface area contributed by atoms with Crippen molar-refractivity contribution in [3.63, 3.8) is 0 Å². The molecule has 1 aromatic carbocycles. The topological polar surface area (TPSA) is 71.4 Å². The molecule has 4 rings (SSSR count). The van der Waals surface area contributed by atoms with E-state index in [1.165, 1.54) is 0 Å². The Kier molecular flexibility index (Phi) is 7.22. The third-order valence-electron chi connectivity index (χ3n) is 6.13. The van der Waals surface area contributed by atoms with Gasteiger partial charge >= 0.3 is 0 Å². The molecule has 1 saturated carbocycles. The third kappa shape index (κ3) is 4.71. The van der Waals surface area contributed by atoms with Gasteiger partial charge in [0.15, 0.2) is 0 Å². The van der Waals surface area contributed by atoms with E-state index in [0.29, 0.717) is 19.6 Å². The average molecular weight is 456 g/mol. The summed E-state index contributed by atoms with van der Waals surface area (Å²) in [6.07, 6.45) is 3.45. The predicted octanol–water partition coefficient (Wildman–Crippen LogP) is 3.71. The maximum Gasteiger partial charge on any atom is 0.262 e. The first kappa shape index (κ1) is 22.5. The molecule has 2 amide bonds. The molecule has 1 aromatic heterocycles. The summed E-state index contributed by atoms with van der Waals surface area (Å²) in [4.78, 5) is 29.1. The Labute approximate surface area is 192 Å². The molecule has 0 spiro atoms. The van der Waals surface area contributed by atoms with E-state index >= 15 is 0 Å². The molecule has 2 heterocycles. The zero-order chi connectivity index (χ0) is 22.5. The number of hydrogen-bond donors (Lipinski definition) is 0. The average Bonchev–Trinajstić information content (AvgIpc) is 3.45. The maximum absolute atomic E-state index is 13.5. The van der Waals surface area contributed by atoms with Gasteiger partial charge in [-0.3, -0.25) is 9.59 Å². The lowest BCUT2D eigenvalue weighted by Gasteiger charge is -2.32. The van der Waals surface area contributed by atoms with Crippen LogP contribution < -0.4 is 4.74 Å². The largest absolute Gasteiger partial charge is 0.496 e. The number of hydrazone groups is 1. The molecule has 1 atom stereocenters. The number of thiophene rings is 1. The van der Waals surface area contributed by atoms with Crippen molar-refractivity contribution in [1.29, 1.82) is 0 Å². The van der Waals surface area contributed by atoms with Crippen molar-refractivity contribution >= 4 is 28.9 Å². The van der Waals surface area contributed by atoms with Gasteiger partial charge in [0, 0.05) is 31.6 Å². The number of rotatable bonds is 9. The molecule has 32 heavy (non-hydrogen) atoms. The molecule has 0 radical (unpaired) electrons. The van der Waals surface area contributed by atoms with Gasteiger partial charge in [0.05, 0.1) is 30.3 Å². The fourth-order valence-electron chi connectivity index (χ4n) is 4.13. The third-order valence-corrected chi connectivity index (χ3v) is 7.05. The fourth-order valence-corrected chi connectivity index (χ4v) is 4.85. The van der Waals surface area contributed by atoms with Crippen LogP contribution in [0.2, 0.25) is 0 Å². The molecular weight excluding hydrogens is 426 g/mol. The highest BCUT2D eigenvalue weighted by molar-refractivity contribution is 7.12. The van der Waals surface area contributed by atoms with Gasteiger partial charge < -0.3 is 14.4 Å². The van der Waals surface area contributed by atoms with E-state index in [1.54, 1.807) is 35.5 Å². The first-order chi connectivity index (χ1) is 15.6. The van der Waals surface area contributed by atoms with Crippen molar-refractivity contribution in [2.75, 3.05) is 33.9 Å². The van der Waals surface area contributed by atoms with Gasteiger partial charge in [-0.15, -0.1) is 11.3 Å². The van der Waals surface area contributed by atoms with Crippen molar-refractivity contribution in [3.05, 3.63) is 52.2 Å². The van der Waals surface area contributed by atoms with Gasteiger partial charge in [0.2, 0.25) is 5.91 Å². The Balaban J connectivity index is 1.60. The highest BCUT2D eigenvalue weighted by Gasteiger charge is 2.37. The van der Waals surface area contributed by atoms with Crippen LogP contribution in [0.4, 0.5) is 0 Å². The van der Waals surface area contributed by atoms with E-state index in [-0.39, 0.29) is 30.3 Å². The summed E-state index contributed by atoms with van der Waals surface area (Å²) in [5.74, 6) is 0.585. The Morgan fingerprint density at radius 1 is 1.19 bits per heavy atom. The Hall–Kier alpha value is -2.71. The number of para-hydroxylation sites is 1. The van der Waals surface area contributed by atoms with Gasteiger partial charge in [-0.2, -0.15) is 5.10 Å². The first-order valence-electron chi connectivity index (χ1n) is 11.0. The molecule has 1 fully saturated rings. The predicted molar refractivity (Wildman–Crippen MR) is 124 cm³/mol. The molecular formula is C24H29N3O4S. The summed E-state index contributed by atoms with van der Waals surface area (Å²) in [6, 6.07) is 11.4. The summed E-state index contributed by atoms with van der Waals surface area (Å²) in [5, 5.41) is 8.27. The van der Waals surface area contributed by atoms with Gasteiger partial charge in [-0.05, 0) is 30.4 Å². The van der Waals surface area contributed by atoms with Crippen molar-refractivity contribution in [2.24, 2.45) is 11.0 Å². The minimum absolute atomic E-state index is 0.00837. The van der Waals surface area contributed by atoms with Crippen molar-refractivity contribution < 1.29 is 19.1 Å². The monoisotopic (exact) mass is 455 g/mol. The Morgan fingerprint density at radius 2 is 2.00 bits per heavy atom. The molecule has 0 unspecified atom stereocenters. The van der Waals surface area contributed by atoms with E-state index < -0.39 is 0 Å². The minimum Gasteiger partial charge on any atom is -0.496 e. The van der Waals surface area contributed by atoms with E-state index in [2.05, 4.69) is 0 Å². The summed E-state index contributed by atoms with van der Waals surface area (Å²) >= 11 is 1.60. The molecule has 0 N–H and O–H groups in total. The molecule has 2 aliphatic rings. The molecule has 2 aromatic rings. The van der Waals surface area contributed by atoms with E-state index in [9.17, 15) is 9.59 Å². The van der Waals surface area contributed by atoms with Crippen LogP contribution in [0.3, 0.4) is 0 Å². The van der Waals surface area contributed by atoms with Crippen LogP contribution in [0, 0.1) is 5.92 Å². The number of ether oxygens (including phenoxy) is 2. The lowest BCUT2D eigenvalue weighted by molar-refractivity contribution is -0.146. The van der Waals surface area contributed by atoms with E-state index in [0.717, 1.165) is 41.2 Å². The molecule has 1 aliphatic heterocycles. The number of nitrogens with zero attached hydrogens (tertiary/aromatic N) is 3. The maximum atomic E-state index is 13.5. The van der Waals surface area contributed by atoms with Gasteiger partial charge in [-0.1, -0.05) is 30.7 Å². The van der Waals surface area contributed by atoms with Crippen molar-refractivity contribution in [3.8, 4) is 5.75 Å². The van der Waals surface area contributed by atoms with Crippen LogP contribution in [0.15, 0.2) is 46.9 Å². The van der Waals surface area contributed by atoms with Crippen LogP contribution in [0.1, 0.15) is 42.2 Å². The zero-order valence-electron chi connectivity index (χ0n) is 18.5. The smallest absolute Gasteiger partial charge is 0.262 e. The number of methoxy groups -OCH3 is 2. The van der Waals surface area contributed by atoms with Gasteiger partial charge in [-0.25, -0.2) is 5.01 Å². The second-order valence-electron chi connectivity index (χ2n) is 8.10. The molecule has 170 valence electrons. The number of hydrogen-bond acceptors (Lipinski definition) is 6. The standard InChI is InChI=1S/C24H29N3O4S/c1-30-13-12-26(24(29)17-7-5-8-17)16-23(28)27-20(18-9-3-4-10-21(18)31-2)15-19(25-27)22-11-6-14-32-22/h3-4,6,9-11,14,17,20H,5,7-8,12-13,15-16H2,1-2H3/t20-/m1/s1. The van der Waals surface area contributed by atoms with Crippen LogP contribution in [-0.2, 0) is 14.3 Å². The minimum atomic E-state index is -0.279. The first-order valence-corrected chi connectivity index (χ1v) is 11.8. The van der Waals surface area contributed by atoms with Gasteiger partial charge in [0.1, 0.15) is 12.3 Å². The summed E-state index contributed by atoms with van der Waals surface area (Å²) in [5.41, 5.74) is 1.78. The second-order valence-corrected chi connectivity index (χ2v) is 9.05. The fraction of sp³-hybridized carbons (Fsp3) is 0.458. The Bertz CT molecular complexity index is 971. The second kappa shape index (κ2) is 10.3. The van der Waals surface area contributed by atoms with Crippen LogP contribution in [-0.4, -0.2) is 61.4 Å². The normalized spacial score (nSPS) is 18.2. The SMILES string of the molecule is COCCN(CC(=O)N1N=C(c2cccs2)C[C@@H]1c1ccccc1OC)C(=O)C1CCC1.